The number of fused-ring (bicyclic) bond motifs is 1. The molecule has 0 aliphatic rings. The van der Waals surface area contributed by atoms with Crippen LogP contribution in [0.1, 0.15) is 56.6 Å². The van der Waals surface area contributed by atoms with Gasteiger partial charge in [0.2, 0.25) is 5.91 Å². The van der Waals surface area contributed by atoms with Gasteiger partial charge in [0.1, 0.15) is 18.1 Å². The summed E-state index contributed by atoms with van der Waals surface area (Å²) in [6.07, 6.45) is 1.17. The Balaban J connectivity index is 1.86. The molecule has 3 rings (SSSR count). The third-order valence-electron chi connectivity index (χ3n) is 5.37. The minimum atomic E-state index is -3.29. The largest absolute Gasteiger partial charge is 0.347 e. The van der Waals surface area contributed by atoms with E-state index < -0.39 is 9.84 Å². The number of amides is 1. The van der Waals surface area contributed by atoms with Crippen LogP contribution in [0.3, 0.4) is 0 Å². The third-order valence-corrected chi connectivity index (χ3v) is 6.15. The van der Waals surface area contributed by atoms with Crippen LogP contribution >= 0.6 is 0 Å². The number of hydrogen-bond acceptors (Lipinski definition) is 4. The summed E-state index contributed by atoms with van der Waals surface area (Å²) < 4.78 is 25.5. The Morgan fingerprint density at radius 2 is 1.61 bits per heavy atom. The highest BCUT2D eigenvalue weighted by Gasteiger charge is 2.21. The molecule has 1 amide bonds. The van der Waals surface area contributed by atoms with E-state index in [1.807, 2.05) is 24.3 Å². The van der Waals surface area contributed by atoms with Gasteiger partial charge in [0.25, 0.3) is 0 Å². The van der Waals surface area contributed by atoms with Crippen molar-refractivity contribution >= 4 is 26.8 Å². The van der Waals surface area contributed by atoms with Gasteiger partial charge in [0.05, 0.1) is 17.1 Å². The van der Waals surface area contributed by atoms with Gasteiger partial charge in [0.15, 0.2) is 9.84 Å². The Bertz CT molecular complexity index is 1160. The highest BCUT2D eigenvalue weighted by molar-refractivity contribution is 7.89. The van der Waals surface area contributed by atoms with Crippen LogP contribution in [0.5, 0.6) is 0 Å². The van der Waals surface area contributed by atoms with Gasteiger partial charge < -0.3 is 9.88 Å². The number of para-hydroxylation sites is 2. The van der Waals surface area contributed by atoms with E-state index in [-0.39, 0.29) is 30.2 Å². The van der Waals surface area contributed by atoms with Crippen molar-refractivity contribution in [1.29, 1.82) is 0 Å². The number of carbonyl (C=O) groups is 1. The molecule has 0 spiro atoms. The molecule has 1 unspecified atom stereocenters. The molecule has 0 saturated heterocycles. The standard InChI is InChI=1S/C24H31N3O3S/c1-16(2)18-10-12-19(13-11-18)24(17(3)4)26-23(28)14-27-21-9-7-6-8-20(21)25-22(27)15-31(5,29)30/h6-13,16-17,24H,14-15H2,1-5H3,(H,26,28). The summed E-state index contributed by atoms with van der Waals surface area (Å²) in [5.74, 6) is 0.637. The number of benzene rings is 2. The van der Waals surface area contributed by atoms with Gasteiger partial charge in [0, 0.05) is 6.26 Å². The van der Waals surface area contributed by atoms with E-state index in [4.69, 9.17) is 0 Å². The number of nitrogens with zero attached hydrogens (tertiary/aromatic N) is 2. The fraction of sp³-hybridized carbons (Fsp3) is 0.417. The Morgan fingerprint density at radius 1 is 1.00 bits per heavy atom. The maximum absolute atomic E-state index is 13.0. The maximum Gasteiger partial charge on any atom is 0.240 e. The van der Waals surface area contributed by atoms with Crippen molar-refractivity contribution in [2.24, 2.45) is 5.92 Å². The zero-order chi connectivity index (χ0) is 22.8. The number of nitrogens with one attached hydrogen (secondary N) is 1. The molecule has 1 atom stereocenters. The summed E-state index contributed by atoms with van der Waals surface area (Å²) in [4.78, 5) is 17.5. The van der Waals surface area contributed by atoms with Crippen LogP contribution in [-0.4, -0.2) is 30.1 Å². The zero-order valence-corrected chi connectivity index (χ0v) is 19.6. The van der Waals surface area contributed by atoms with Crippen molar-refractivity contribution < 1.29 is 13.2 Å². The van der Waals surface area contributed by atoms with Crippen LogP contribution in [-0.2, 0) is 26.9 Å². The van der Waals surface area contributed by atoms with Crippen molar-refractivity contribution in [2.75, 3.05) is 6.26 Å². The Kier molecular flexibility index (Phi) is 6.84. The lowest BCUT2D eigenvalue weighted by Crippen LogP contribution is -2.34. The second-order valence-electron chi connectivity index (χ2n) is 8.78. The molecule has 1 heterocycles. The topological polar surface area (TPSA) is 81.1 Å². The zero-order valence-electron chi connectivity index (χ0n) is 18.8. The van der Waals surface area contributed by atoms with Gasteiger partial charge in [-0.2, -0.15) is 0 Å². The Morgan fingerprint density at radius 3 is 2.19 bits per heavy atom. The van der Waals surface area contributed by atoms with E-state index in [0.29, 0.717) is 17.3 Å². The lowest BCUT2D eigenvalue weighted by Gasteiger charge is -2.24. The van der Waals surface area contributed by atoms with E-state index in [1.54, 1.807) is 4.57 Å². The number of carbonyl (C=O) groups excluding carboxylic acids is 1. The molecule has 0 bridgehead atoms. The first-order chi connectivity index (χ1) is 14.5. The fourth-order valence-electron chi connectivity index (χ4n) is 3.73. The van der Waals surface area contributed by atoms with Crippen molar-refractivity contribution in [3.8, 4) is 0 Å². The van der Waals surface area contributed by atoms with Crippen molar-refractivity contribution in [2.45, 2.75) is 52.0 Å². The van der Waals surface area contributed by atoms with Crippen molar-refractivity contribution in [3.05, 3.63) is 65.5 Å². The molecule has 2 aromatic carbocycles. The van der Waals surface area contributed by atoms with Gasteiger partial charge in [-0.25, -0.2) is 13.4 Å². The molecule has 6 nitrogen and oxygen atoms in total. The SMILES string of the molecule is CC(C)c1ccc(C(NC(=O)Cn2c(CS(C)(=O)=O)nc3ccccc32)C(C)C)cc1. The van der Waals surface area contributed by atoms with E-state index in [1.165, 1.54) is 11.8 Å². The quantitative estimate of drug-likeness (QED) is 0.568. The van der Waals surface area contributed by atoms with Crippen LogP contribution in [0.25, 0.3) is 11.0 Å². The fourth-order valence-corrected chi connectivity index (χ4v) is 4.42. The second-order valence-corrected chi connectivity index (χ2v) is 10.9. The van der Waals surface area contributed by atoms with E-state index in [2.05, 4.69) is 62.3 Å². The highest BCUT2D eigenvalue weighted by Crippen LogP contribution is 2.24. The summed E-state index contributed by atoms with van der Waals surface area (Å²) in [5, 5.41) is 3.14. The number of rotatable bonds is 8. The minimum absolute atomic E-state index is 0.0126. The minimum Gasteiger partial charge on any atom is -0.347 e. The van der Waals surface area contributed by atoms with Gasteiger partial charge in [-0.05, 0) is 35.1 Å². The van der Waals surface area contributed by atoms with Gasteiger partial charge >= 0.3 is 0 Å². The van der Waals surface area contributed by atoms with Crippen LogP contribution in [0.2, 0.25) is 0 Å². The van der Waals surface area contributed by atoms with Crippen LogP contribution in [0.4, 0.5) is 0 Å². The van der Waals surface area contributed by atoms with Crippen molar-refractivity contribution in [1.82, 2.24) is 14.9 Å². The number of sulfone groups is 1. The van der Waals surface area contributed by atoms with Crippen molar-refractivity contribution in [3.63, 3.8) is 0 Å². The molecule has 31 heavy (non-hydrogen) atoms. The molecular formula is C24H31N3O3S. The van der Waals surface area contributed by atoms with Crippen LogP contribution < -0.4 is 5.32 Å². The molecule has 0 fully saturated rings. The smallest absolute Gasteiger partial charge is 0.240 e. The van der Waals surface area contributed by atoms with Gasteiger partial charge in [-0.1, -0.05) is 64.1 Å². The molecule has 7 heteroatoms. The molecule has 3 aromatic rings. The monoisotopic (exact) mass is 441 g/mol. The molecule has 0 radical (unpaired) electrons. The van der Waals surface area contributed by atoms with E-state index in [9.17, 15) is 13.2 Å². The number of aromatic nitrogens is 2. The molecule has 0 aliphatic heterocycles. The van der Waals surface area contributed by atoms with E-state index in [0.717, 1.165) is 11.1 Å². The Labute approximate surface area is 184 Å². The third kappa shape index (κ3) is 5.73. The van der Waals surface area contributed by atoms with Gasteiger partial charge in [-0.3, -0.25) is 4.79 Å². The summed E-state index contributed by atoms with van der Waals surface area (Å²) >= 11 is 0. The normalized spacial score (nSPS) is 13.1. The summed E-state index contributed by atoms with van der Waals surface area (Å²) in [6, 6.07) is 15.6. The van der Waals surface area contributed by atoms with Crippen LogP contribution in [0, 0.1) is 5.92 Å². The average molecular weight is 442 g/mol. The molecular weight excluding hydrogens is 410 g/mol. The molecule has 1 aromatic heterocycles. The predicted molar refractivity (Wildman–Crippen MR) is 125 cm³/mol. The first-order valence-corrected chi connectivity index (χ1v) is 12.6. The molecule has 166 valence electrons. The molecule has 0 saturated carbocycles. The summed E-state index contributed by atoms with van der Waals surface area (Å²) in [6.45, 7) is 8.46. The van der Waals surface area contributed by atoms with E-state index >= 15 is 0 Å². The summed E-state index contributed by atoms with van der Waals surface area (Å²) in [7, 11) is -3.29. The lowest BCUT2D eigenvalue weighted by molar-refractivity contribution is -0.122. The second kappa shape index (κ2) is 9.22. The molecule has 1 N–H and O–H groups in total. The maximum atomic E-state index is 13.0. The van der Waals surface area contributed by atoms with Crippen LogP contribution in [0.15, 0.2) is 48.5 Å². The molecule has 0 aliphatic carbocycles. The predicted octanol–water partition coefficient (Wildman–Crippen LogP) is 4.22. The van der Waals surface area contributed by atoms with Gasteiger partial charge in [-0.15, -0.1) is 0 Å². The lowest BCUT2D eigenvalue weighted by atomic mass is 9.93. The number of imidazole rings is 1. The highest BCUT2D eigenvalue weighted by atomic mass is 32.2. The summed E-state index contributed by atoms with van der Waals surface area (Å²) in [5.41, 5.74) is 3.74. The average Bonchev–Trinajstić information content (AvgIpc) is 3.01. The first-order valence-electron chi connectivity index (χ1n) is 10.6. The first kappa shape index (κ1) is 23.0. The number of hydrogen-bond donors (Lipinski definition) is 1. The Hall–Kier alpha value is -2.67.